The average molecular weight is 181 g/mol. The van der Waals surface area contributed by atoms with Gasteiger partial charge in [0.15, 0.2) is 0 Å². The molecule has 1 unspecified atom stereocenters. The van der Waals surface area contributed by atoms with Crippen LogP contribution in [0.3, 0.4) is 0 Å². The van der Waals surface area contributed by atoms with Gasteiger partial charge in [0, 0.05) is 5.88 Å². The zero-order chi connectivity index (χ0) is 9.07. The molecule has 0 radical (unpaired) electrons. The van der Waals surface area contributed by atoms with Crippen molar-refractivity contribution in [2.24, 2.45) is 5.92 Å². The fourth-order valence-corrected chi connectivity index (χ4v) is 1.08. The summed E-state index contributed by atoms with van der Waals surface area (Å²) in [6, 6.07) is 0. The fraction of sp³-hybridized carbons (Fsp3) is 0.857. The molecule has 11 heavy (non-hydrogen) atoms. The van der Waals surface area contributed by atoms with E-state index in [0.717, 1.165) is 0 Å². The number of hydrogen-bond acceptors (Lipinski definition) is 1. The van der Waals surface area contributed by atoms with E-state index in [1.807, 2.05) is 21.1 Å². The molecule has 0 spiro atoms. The molecule has 0 aliphatic heterocycles. The minimum Gasteiger partial charge on any atom is -0.481 e. The van der Waals surface area contributed by atoms with E-state index in [0.29, 0.717) is 11.0 Å². The molecule has 0 fully saturated rings. The number of quaternary nitrogens is 1. The van der Waals surface area contributed by atoms with E-state index in [1.54, 1.807) is 0 Å². The summed E-state index contributed by atoms with van der Waals surface area (Å²) < 4.78 is 0.629. The maximum Gasteiger partial charge on any atom is 0.313 e. The molecule has 3 nitrogen and oxygen atoms in total. The topological polar surface area (TPSA) is 37.3 Å². The first-order valence-corrected chi connectivity index (χ1v) is 3.99. The van der Waals surface area contributed by atoms with Gasteiger partial charge in [-0.1, -0.05) is 0 Å². The van der Waals surface area contributed by atoms with Crippen LogP contribution in [0, 0.1) is 5.92 Å². The molecule has 0 rings (SSSR count). The number of carbonyl (C=O) groups is 1. The second-order valence-corrected chi connectivity index (χ2v) is 3.97. The van der Waals surface area contributed by atoms with Crippen LogP contribution in [0.5, 0.6) is 0 Å². The minimum atomic E-state index is -0.812. The first-order valence-electron chi connectivity index (χ1n) is 3.46. The van der Waals surface area contributed by atoms with Crippen molar-refractivity contribution in [3.63, 3.8) is 0 Å². The molecule has 0 aliphatic carbocycles. The second-order valence-electron chi connectivity index (χ2n) is 3.66. The number of rotatable bonds is 4. The highest BCUT2D eigenvalue weighted by molar-refractivity contribution is 6.19. The Morgan fingerprint density at radius 3 is 2.09 bits per heavy atom. The van der Waals surface area contributed by atoms with Crippen LogP contribution in [-0.2, 0) is 4.79 Å². The van der Waals surface area contributed by atoms with Crippen LogP contribution in [0.25, 0.3) is 0 Å². The number of hydrogen-bond donors (Lipinski definition) is 1. The summed E-state index contributed by atoms with van der Waals surface area (Å²) in [6.07, 6.45) is 0. The van der Waals surface area contributed by atoms with Gasteiger partial charge in [-0.25, -0.2) is 0 Å². The molecule has 0 heterocycles. The molecule has 0 saturated carbocycles. The maximum atomic E-state index is 10.5. The van der Waals surface area contributed by atoms with Crippen LogP contribution < -0.4 is 0 Å². The molecule has 66 valence electrons. The van der Waals surface area contributed by atoms with E-state index in [4.69, 9.17) is 16.7 Å². The van der Waals surface area contributed by atoms with Gasteiger partial charge in [-0.05, 0) is 0 Å². The van der Waals surface area contributed by atoms with Crippen molar-refractivity contribution >= 4 is 17.6 Å². The molecule has 1 N–H and O–H groups in total. The number of carboxylic acid groups (broad SMARTS) is 1. The third-order valence-electron chi connectivity index (χ3n) is 1.30. The third kappa shape index (κ3) is 5.04. The molecule has 0 aromatic heterocycles. The normalized spacial score (nSPS) is 14.5. The lowest BCUT2D eigenvalue weighted by atomic mass is 10.1. The molecule has 0 bridgehead atoms. The summed E-state index contributed by atoms with van der Waals surface area (Å²) in [7, 11) is 5.84. The van der Waals surface area contributed by atoms with Gasteiger partial charge in [0.2, 0.25) is 0 Å². The number of halogens is 1. The van der Waals surface area contributed by atoms with E-state index >= 15 is 0 Å². The van der Waals surface area contributed by atoms with E-state index in [-0.39, 0.29) is 5.88 Å². The van der Waals surface area contributed by atoms with Gasteiger partial charge in [0.25, 0.3) is 0 Å². The van der Waals surface area contributed by atoms with Gasteiger partial charge < -0.3 is 9.59 Å². The lowest BCUT2D eigenvalue weighted by Gasteiger charge is -2.26. The molecule has 0 aromatic rings. The highest BCUT2D eigenvalue weighted by Gasteiger charge is 2.23. The van der Waals surface area contributed by atoms with Crippen molar-refractivity contribution in [1.82, 2.24) is 0 Å². The fourth-order valence-electron chi connectivity index (χ4n) is 0.854. The Hall–Kier alpha value is -0.280. The van der Waals surface area contributed by atoms with Crippen LogP contribution in [-0.4, -0.2) is 49.1 Å². The number of carboxylic acids is 1. The van der Waals surface area contributed by atoms with Crippen molar-refractivity contribution < 1.29 is 14.4 Å². The van der Waals surface area contributed by atoms with Crippen molar-refractivity contribution in [1.29, 1.82) is 0 Å². The zero-order valence-electron chi connectivity index (χ0n) is 7.17. The lowest BCUT2D eigenvalue weighted by molar-refractivity contribution is -0.872. The van der Waals surface area contributed by atoms with E-state index in [9.17, 15) is 4.79 Å². The lowest BCUT2D eigenvalue weighted by Crippen LogP contribution is -2.42. The molecule has 0 aliphatic rings. The van der Waals surface area contributed by atoms with Gasteiger partial charge in [0.1, 0.15) is 5.92 Å². The third-order valence-corrected chi connectivity index (χ3v) is 1.68. The maximum absolute atomic E-state index is 10.5. The molecule has 0 aromatic carbocycles. The number of nitrogens with zero attached hydrogens (tertiary/aromatic N) is 1. The predicted octanol–water partition coefficient (Wildman–Crippen LogP) is 0.632. The molecular formula is C7H15ClNO2+. The Labute approximate surface area is 72.2 Å². The Morgan fingerprint density at radius 1 is 1.55 bits per heavy atom. The van der Waals surface area contributed by atoms with Crippen molar-refractivity contribution in [2.45, 2.75) is 0 Å². The second kappa shape index (κ2) is 3.93. The Balaban J connectivity index is 3.99. The van der Waals surface area contributed by atoms with E-state index in [2.05, 4.69) is 0 Å². The molecule has 0 saturated heterocycles. The summed E-state index contributed by atoms with van der Waals surface area (Å²) in [4.78, 5) is 10.5. The van der Waals surface area contributed by atoms with E-state index in [1.165, 1.54) is 0 Å². The summed E-state index contributed by atoms with van der Waals surface area (Å²) in [5, 5.41) is 8.64. The molecule has 1 atom stereocenters. The summed E-state index contributed by atoms with van der Waals surface area (Å²) in [6.45, 7) is 0.568. The number of alkyl halides is 1. The van der Waals surface area contributed by atoms with Gasteiger partial charge in [-0.2, -0.15) is 0 Å². The van der Waals surface area contributed by atoms with Crippen LogP contribution in [0.4, 0.5) is 0 Å². The van der Waals surface area contributed by atoms with Gasteiger partial charge >= 0.3 is 5.97 Å². The van der Waals surface area contributed by atoms with Crippen LogP contribution in [0.1, 0.15) is 0 Å². The molecule has 4 heteroatoms. The summed E-state index contributed by atoms with van der Waals surface area (Å²) in [5.74, 6) is -1.06. The molecule has 0 amide bonds. The van der Waals surface area contributed by atoms with E-state index < -0.39 is 11.9 Å². The average Bonchev–Trinajstić information content (AvgIpc) is 1.80. The highest BCUT2D eigenvalue weighted by Crippen LogP contribution is 2.05. The quantitative estimate of drug-likeness (QED) is 0.509. The SMILES string of the molecule is C[N+](C)(C)CC(CCl)C(=O)O. The van der Waals surface area contributed by atoms with Crippen molar-refractivity contribution in [3.05, 3.63) is 0 Å². The first kappa shape index (κ1) is 10.7. The van der Waals surface area contributed by atoms with Gasteiger partial charge in [-0.15, -0.1) is 11.6 Å². The van der Waals surface area contributed by atoms with Crippen LogP contribution in [0.2, 0.25) is 0 Å². The van der Waals surface area contributed by atoms with Crippen LogP contribution >= 0.6 is 11.6 Å². The predicted molar refractivity (Wildman–Crippen MR) is 44.7 cm³/mol. The Morgan fingerprint density at radius 2 is 2.00 bits per heavy atom. The van der Waals surface area contributed by atoms with Gasteiger partial charge in [-0.3, -0.25) is 4.79 Å². The summed E-state index contributed by atoms with van der Waals surface area (Å²) in [5.41, 5.74) is 0. The largest absolute Gasteiger partial charge is 0.481 e. The smallest absolute Gasteiger partial charge is 0.313 e. The minimum absolute atomic E-state index is 0.185. The van der Waals surface area contributed by atoms with Crippen molar-refractivity contribution in [2.75, 3.05) is 33.6 Å². The highest BCUT2D eigenvalue weighted by atomic mass is 35.5. The number of aliphatic carboxylic acids is 1. The Kier molecular flexibility index (Phi) is 3.83. The Bertz CT molecular complexity index is 142. The van der Waals surface area contributed by atoms with Gasteiger partial charge in [0.05, 0.1) is 27.7 Å². The molecular weight excluding hydrogens is 166 g/mol. The van der Waals surface area contributed by atoms with Crippen molar-refractivity contribution in [3.8, 4) is 0 Å². The summed E-state index contributed by atoms with van der Waals surface area (Å²) >= 11 is 5.48. The van der Waals surface area contributed by atoms with Crippen LogP contribution in [0.15, 0.2) is 0 Å². The zero-order valence-corrected chi connectivity index (χ0v) is 7.93. The standard InChI is InChI=1S/C7H14ClNO2/c1-9(2,3)5-6(4-8)7(10)11/h6H,4-5H2,1-3H3/p+1. The first-order chi connectivity index (χ1) is 4.87. The monoisotopic (exact) mass is 180 g/mol.